The number of phenols is 1. The quantitative estimate of drug-likeness (QED) is 0.262. The van der Waals surface area contributed by atoms with Crippen LogP contribution in [0.3, 0.4) is 0 Å². The number of benzene rings is 3. The molecule has 3 aromatic rings. The molecule has 1 saturated carbocycles. The SMILES string of the molecule is COc1cc(C2C3=CCC4C(=O)N(C(C)(C)C)C(=O)C4C3CC3C(=O)N(Nc4ccc(C)cc4)C(=O)C32c2ccccc2)cc(OC)c1O. The van der Waals surface area contributed by atoms with Crippen LogP contribution in [0.25, 0.3) is 0 Å². The van der Waals surface area contributed by atoms with Crippen molar-refractivity contribution in [3.63, 3.8) is 0 Å². The molecule has 6 unspecified atom stereocenters. The number of amides is 4. The monoisotopic (exact) mass is 663 g/mol. The second-order valence-electron chi connectivity index (χ2n) is 14.5. The van der Waals surface area contributed by atoms with E-state index in [1.165, 1.54) is 19.1 Å². The van der Waals surface area contributed by atoms with Crippen LogP contribution < -0.4 is 14.9 Å². The highest BCUT2D eigenvalue weighted by atomic mass is 16.5. The van der Waals surface area contributed by atoms with Crippen LogP contribution in [0.4, 0.5) is 5.69 Å². The molecular weight excluding hydrogens is 622 g/mol. The number of hydrogen-bond donors (Lipinski definition) is 2. The molecular formula is C39H41N3O7. The summed E-state index contributed by atoms with van der Waals surface area (Å²) in [6, 6.07) is 20.1. The third-order valence-corrected chi connectivity index (χ3v) is 10.9. The van der Waals surface area contributed by atoms with Crippen LogP contribution in [0, 0.1) is 30.6 Å². The number of nitrogens with zero attached hydrogens (tertiary/aromatic N) is 2. The molecule has 6 atom stereocenters. The maximum atomic E-state index is 15.3. The van der Waals surface area contributed by atoms with Gasteiger partial charge in [0.1, 0.15) is 0 Å². The Hall–Kier alpha value is -5.12. The van der Waals surface area contributed by atoms with E-state index in [1.807, 2.05) is 88.4 Å². The Labute approximate surface area is 285 Å². The van der Waals surface area contributed by atoms with Gasteiger partial charge in [0, 0.05) is 11.5 Å². The Morgan fingerprint density at radius 1 is 0.857 bits per heavy atom. The number of anilines is 1. The number of aromatic hydroxyl groups is 1. The average Bonchev–Trinajstić information content (AvgIpc) is 3.47. The zero-order valence-electron chi connectivity index (χ0n) is 28.5. The highest BCUT2D eigenvalue weighted by Gasteiger charge is 2.70. The molecule has 254 valence electrons. The molecule has 3 fully saturated rings. The van der Waals surface area contributed by atoms with Crippen molar-refractivity contribution in [1.29, 1.82) is 0 Å². The third kappa shape index (κ3) is 4.67. The Morgan fingerprint density at radius 2 is 1.49 bits per heavy atom. The molecule has 2 aliphatic heterocycles. The van der Waals surface area contributed by atoms with Crippen LogP contribution in [0.2, 0.25) is 0 Å². The van der Waals surface area contributed by atoms with Gasteiger partial charge in [-0.2, -0.15) is 5.01 Å². The van der Waals surface area contributed by atoms with E-state index in [1.54, 1.807) is 12.1 Å². The van der Waals surface area contributed by atoms with Crippen LogP contribution in [0.15, 0.2) is 78.4 Å². The molecule has 2 saturated heterocycles. The lowest BCUT2D eigenvalue weighted by Gasteiger charge is -2.50. The summed E-state index contributed by atoms with van der Waals surface area (Å²) in [5.74, 6) is -4.66. The fourth-order valence-electron chi connectivity index (χ4n) is 8.86. The number of likely N-dealkylation sites (tertiary alicyclic amines) is 1. The average molecular weight is 664 g/mol. The lowest BCUT2D eigenvalue weighted by molar-refractivity contribution is -0.146. The van der Waals surface area contributed by atoms with Crippen molar-refractivity contribution in [1.82, 2.24) is 9.91 Å². The zero-order valence-corrected chi connectivity index (χ0v) is 28.5. The number of rotatable bonds is 6. The zero-order chi connectivity index (χ0) is 35.0. The molecule has 0 spiro atoms. The van der Waals surface area contributed by atoms with E-state index in [2.05, 4.69) is 5.43 Å². The van der Waals surface area contributed by atoms with E-state index in [9.17, 15) is 19.5 Å². The topological polar surface area (TPSA) is 125 Å². The second-order valence-corrected chi connectivity index (χ2v) is 14.5. The van der Waals surface area contributed by atoms with Crippen molar-refractivity contribution in [3.05, 3.63) is 95.1 Å². The second kappa shape index (κ2) is 11.5. The lowest BCUT2D eigenvalue weighted by Crippen LogP contribution is -2.53. The number of phenolic OH excluding ortho intramolecular Hbond substituents is 1. The first-order valence-electron chi connectivity index (χ1n) is 16.6. The number of methoxy groups -OCH3 is 2. The number of carbonyl (C=O) groups is 4. The number of fused-ring (bicyclic) bond motifs is 4. The van der Waals surface area contributed by atoms with Gasteiger partial charge in [-0.05, 0) is 81.8 Å². The fourth-order valence-corrected chi connectivity index (χ4v) is 8.86. The number of hydrogen-bond acceptors (Lipinski definition) is 8. The van der Waals surface area contributed by atoms with Gasteiger partial charge in [0.05, 0.1) is 43.1 Å². The van der Waals surface area contributed by atoms with Gasteiger partial charge in [0.25, 0.3) is 11.8 Å². The molecule has 4 aliphatic rings. The number of carbonyl (C=O) groups excluding carboxylic acids is 4. The molecule has 0 aromatic heterocycles. The predicted molar refractivity (Wildman–Crippen MR) is 182 cm³/mol. The van der Waals surface area contributed by atoms with Crippen molar-refractivity contribution in [2.75, 3.05) is 19.6 Å². The summed E-state index contributed by atoms with van der Waals surface area (Å²) in [5, 5.41) is 12.1. The fraction of sp³-hybridized carbons (Fsp3) is 0.385. The summed E-state index contributed by atoms with van der Waals surface area (Å²) < 4.78 is 11.2. The normalized spacial score (nSPS) is 27.8. The van der Waals surface area contributed by atoms with E-state index < -0.39 is 52.4 Å². The standard InChI is InChI=1S/C39H41N3O7/c1-21-12-14-24(15-13-21)40-42-35(45)28-20-27-25(16-17-26-31(27)36(46)41(34(26)44)38(2,3)4)32(22-18-29(48-5)33(43)30(19-22)49-6)39(28,37(42)47)23-10-8-7-9-11-23/h7-16,18-19,26-28,31-32,40,43H,17,20H2,1-6H3. The van der Waals surface area contributed by atoms with Crippen LogP contribution in [-0.4, -0.2) is 58.4 Å². The summed E-state index contributed by atoms with van der Waals surface area (Å²) in [5.41, 5.74) is 4.58. The molecule has 3 aromatic carbocycles. The maximum absolute atomic E-state index is 15.3. The molecule has 2 heterocycles. The minimum Gasteiger partial charge on any atom is -0.502 e. The Morgan fingerprint density at radius 3 is 2.08 bits per heavy atom. The third-order valence-electron chi connectivity index (χ3n) is 10.9. The maximum Gasteiger partial charge on any atom is 0.260 e. The molecule has 0 bridgehead atoms. The summed E-state index contributed by atoms with van der Waals surface area (Å²) >= 11 is 0. The van der Waals surface area contributed by atoms with Gasteiger partial charge in [-0.25, -0.2) is 0 Å². The highest BCUT2D eigenvalue weighted by Crippen LogP contribution is 2.65. The minimum atomic E-state index is -1.45. The van der Waals surface area contributed by atoms with E-state index in [4.69, 9.17) is 9.47 Å². The van der Waals surface area contributed by atoms with E-state index >= 15 is 4.79 Å². The minimum absolute atomic E-state index is 0.142. The van der Waals surface area contributed by atoms with Crippen molar-refractivity contribution < 1.29 is 33.8 Å². The van der Waals surface area contributed by atoms with Gasteiger partial charge < -0.3 is 14.6 Å². The summed E-state index contributed by atoms with van der Waals surface area (Å²) in [6.45, 7) is 7.50. The number of aryl methyl sites for hydroxylation is 1. The van der Waals surface area contributed by atoms with Crippen molar-refractivity contribution in [3.8, 4) is 17.2 Å². The van der Waals surface area contributed by atoms with Gasteiger partial charge in [0.2, 0.25) is 17.6 Å². The first-order valence-corrected chi connectivity index (χ1v) is 16.6. The Bertz CT molecular complexity index is 1870. The molecule has 10 nitrogen and oxygen atoms in total. The molecule has 49 heavy (non-hydrogen) atoms. The first-order chi connectivity index (χ1) is 23.3. The van der Waals surface area contributed by atoms with Crippen LogP contribution in [0.1, 0.15) is 56.2 Å². The number of hydrazine groups is 1. The van der Waals surface area contributed by atoms with E-state index in [0.717, 1.165) is 16.1 Å². The van der Waals surface area contributed by atoms with Crippen LogP contribution >= 0.6 is 0 Å². The van der Waals surface area contributed by atoms with E-state index in [0.29, 0.717) is 23.2 Å². The van der Waals surface area contributed by atoms with Gasteiger partial charge in [-0.1, -0.05) is 59.7 Å². The number of imide groups is 2. The molecule has 2 N–H and O–H groups in total. The van der Waals surface area contributed by atoms with Crippen molar-refractivity contribution in [2.45, 2.75) is 57.4 Å². The van der Waals surface area contributed by atoms with Gasteiger partial charge >= 0.3 is 0 Å². The number of allylic oxidation sites excluding steroid dienone is 2. The number of ether oxygens (including phenoxy) is 2. The number of nitrogens with one attached hydrogen (secondary N) is 1. The molecule has 0 radical (unpaired) electrons. The van der Waals surface area contributed by atoms with Gasteiger partial charge in [0.15, 0.2) is 11.5 Å². The summed E-state index contributed by atoms with van der Waals surface area (Å²) in [4.78, 5) is 59.5. The van der Waals surface area contributed by atoms with Crippen molar-refractivity contribution >= 4 is 29.3 Å². The van der Waals surface area contributed by atoms with Crippen LogP contribution in [0.5, 0.6) is 17.2 Å². The largest absolute Gasteiger partial charge is 0.502 e. The first kappa shape index (κ1) is 32.4. The smallest absolute Gasteiger partial charge is 0.260 e. The summed E-state index contributed by atoms with van der Waals surface area (Å²) in [7, 11) is 2.87. The Balaban J connectivity index is 1.49. The van der Waals surface area contributed by atoms with Crippen molar-refractivity contribution in [2.24, 2.45) is 23.7 Å². The predicted octanol–water partition coefficient (Wildman–Crippen LogP) is 5.50. The van der Waals surface area contributed by atoms with E-state index in [-0.39, 0.29) is 35.5 Å². The summed E-state index contributed by atoms with van der Waals surface area (Å²) in [6.07, 6.45) is 2.52. The van der Waals surface area contributed by atoms with Gasteiger partial charge in [-0.15, -0.1) is 0 Å². The van der Waals surface area contributed by atoms with Gasteiger partial charge in [-0.3, -0.25) is 29.5 Å². The highest BCUT2D eigenvalue weighted by molar-refractivity contribution is 6.13. The molecule has 10 heteroatoms. The molecule has 7 rings (SSSR count). The molecule has 4 amide bonds. The molecule has 2 aliphatic carbocycles. The lowest BCUT2D eigenvalue weighted by atomic mass is 9.49. The Kier molecular flexibility index (Phi) is 7.61. The van der Waals surface area contributed by atoms with Crippen LogP contribution in [-0.2, 0) is 24.6 Å².